The second kappa shape index (κ2) is 7.67. The third kappa shape index (κ3) is 4.68. The highest BCUT2D eigenvalue weighted by molar-refractivity contribution is 14.1. The molecule has 100 valence electrons. The Bertz CT molecular complexity index is 431. The Morgan fingerprint density at radius 2 is 2.28 bits per heavy atom. The van der Waals surface area contributed by atoms with Crippen LogP contribution in [0.4, 0.5) is 0 Å². The Morgan fingerprint density at radius 3 is 2.89 bits per heavy atom. The van der Waals surface area contributed by atoms with Crippen molar-refractivity contribution < 1.29 is 9.53 Å². The Labute approximate surface area is 134 Å². The summed E-state index contributed by atoms with van der Waals surface area (Å²) in [5, 5.41) is -0.203. The number of hydrogen-bond acceptors (Lipinski definition) is 2. The maximum atomic E-state index is 12.3. The second-order valence-electron chi connectivity index (χ2n) is 3.86. The lowest BCUT2D eigenvalue weighted by atomic mass is 10.2. The molecule has 1 unspecified atom stereocenters. The van der Waals surface area contributed by atoms with Gasteiger partial charge in [-0.05, 0) is 56.7 Å². The molecule has 0 spiro atoms. The van der Waals surface area contributed by atoms with E-state index in [-0.39, 0.29) is 11.3 Å². The van der Waals surface area contributed by atoms with E-state index < -0.39 is 0 Å². The van der Waals surface area contributed by atoms with Crippen LogP contribution in [0, 0.1) is 3.57 Å². The van der Waals surface area contributed by atoms with E-state index >= 15 is 0 Å². The highest BCUT2D eigenvalue weighted by Gasteiger charge is 2.18. The van der Waals surface area contributed by atoms with E-state index in [0.717, 1.165) is 8.04 Å². The molecule has 1 rings (SSSR count). The zero-order chi connectivity index (χ0) is 13.7. The van der Waals surface area contributed by atoms with Crippen LogP contribution in [0.15, 0.2) is 22.7 Å². The molecule has 0 aliphatic heterocycles. The molecule has 1 amide bonds. The number of benzene rings is 1. The van der Waals surface area contributed by atoms with Gasteiger partial charge in [0.15, 0.2) is 0 Å². The molecule has 0 N–H and O–H groups in total. The molecule has 0 saturated heterocycles. The van der Waals surface area contributed by atoms with Gasteiger partial charge in [0.25, 0.3) is 5.91 Å². The lowest BCUT2D eigenvalue weighted by molar-refractivity contribution is 0.0780. The molecule has 0 bridgehead atoms. The lowest BCUT2D eigenvalue weighted by Gasteiger charge is -2.20. The predicted octanol–water partition coefficient (Wildman–Crippen LogP) is 3.38. The standard InChI is InChI=1S/C12H14BrClINO2/c1-16(6-8(14)7-18-2)12(17)10-5-9(15)3-4-11(10)13/h3-5,8H,6-7H2,1-2H3. The van der Waals surface area contributed by atoms with Crippen molar-refractivity contribution in [3.8, 4) is 0 Å². The number of alkyl halides is 1. The van der Waals surface area contributed by atoms with Gasteiger partial charge in [0.1, 0.15) is 0 Å². The minimum Gasteiger partial charge on any atom is -0.383 e. The second-order valence-corrected chi connectivity index (χ2v) is 6.58. The van der Waals surface area contributed by atoms with Gasteiger partial charge in [0, 0.05) is 28.7 Å². The summed E-state index contributed by atoms with van der Waals surface area (Å²) in [6, 6.07) is 5.66. The van der Waals surface area contributed by atoms with Crippen molar-refractivity contribution in [2.24, 2.45) is 0 Å². The summed E-state index contributed by atoms with van der Waals surface area (Å²) in [5.74, 6) is -0.0536. The van der Waals surface area contributed by atoms with E-state index in [1.807, 2.05) is 18.2 Å². The van der Waals surface area contributed by atoms with Crippen molar-refractivity contribution in [3.63, 3.8) is 0 Å². The number of carbonyl (C=O) groups excluding carboxylic acids is 1. The van der Waals surface area contributed by atoms with Gasteiger partial charge >= 0.3 is 0 Å². The van der Waals surface area contributed by atoms with Gasteiger partial charge < -0.3 is 9.64 Å². The fourth-order valence-corrected chi connectivity index (χ4v) is 2.72. The fraction of sp³-hybridized carbons (Fsp3) is 0.417. The predicted molar refractivity (Wildman–Crippen MR) is 85.3 cm³/mol. The van der Waals surface area contributed by atoms with Gasteiger partial charge in [-0.15, -0.1) is 11.6 Å². The summed E-state index contributed by atoms with van der Waals surface area (Å²) < 4.78 is 6.76. The van der Waals surface area contributed by atoms with E-state index in [9.17, 15) is 4.79 Å². The number of hydrogen-bond donors (Lipinski definition) is 0. The Morgan fingerprint density at radius 1 is 1.61 bits per heavy atom. The van der Waals surface area contributed by atoms with Crippen LogP contribution in [-0.2, 0) is 4.74 Å². The van der Waals surface area contributed by atoms with Gasteiger partial charge in [0.05, 0.1) is 17.5 Å². The zero-order valence-corrected chi connectivity index (χ0v) is 14.6. The summed E-state index contributed by atoms with van der Waals surface area (Å²) in [5.41, 5.74) is 0.644. The molecule has 1 aromatic rings. The topological polar surface area (TPSA) is 29.5 Å². The molecule has 0 saturated carbocycles. The van der Waals surface area contributed by atoms with Gasteiger partial charge in [0.2, 0.25) is 0 Å². The normalized spacial score (nSPS) is 12.3. The molecule has 1 atom stereocenters. The van der Waals surface area contributed by atoms with Crippen molar-refractivity contribution in [3.05, 3.63) is 31.8 Å². The number of ether oxygens (including phenoxy) is 1. The lowest BCUT2D eigenvalue weighted by Crippen LogP contribution is -2.34. The van der Waals surface area contributed by atoms with Crippen LogP contribution in [0.3, 0.4) is 0 Å². The molecular formula is C12H14BrClINO2. The molecule has 18 heavy (non-hydrogen) atoms. The average molecular weight is 447 g/mol. The van der Waals surface area contributed by atoms with Crippen LogP contribution < -0.4 is 0 Å². The third-order valence-corrected chi connectivity index (χ3v) is 3.95. The fourth-order valence-electron chi connectivity index (χ4n) is 1.48. The van der Waals surface area contributed by atoms with Crippen LogP contribution in [0.1, 0.15) is 10.4 Å². The maximum Gasteiger partial charge on any atom is 0.254 e. The monoisotopic (exact) mass is 445 g/mol. The van der Waals surface area contributed by atoms with E-state index in [4.69, 9.17) is 16.3 Å². The van der Waals surface area contributed by atoms with Crippen LogP contribution in [0.25, 0.3) is 0 Å². The first-order valence-corrected chi connectivity index (χ1v) is 7.60. The van der Waals surface area contributed by atoms with Gasteiger partial charge in [-0.1, -0.05) is 0 Å². The Balaban J connectivity index is 2.77. The number of rotatable bonds is 5. The van der Waals surface area contributed by atoms with Crippen molar-refractivity contribution in [1.29, 1.82) is 0 Å². The zero-order valence-electron chi connectivity index (χ0n) is 10.1. The molecule has 0 aliphatic rings. The molecule has 0 radical (unpaired) electrons. The molecule has 0 aliphatic carbocycles. The van der Waals surface area contributed by atoms with Crippen LogP contribution in [0.2, 0.25) is 0 Å². The molecule has 0 aromatic heterocycles. The molecule has 0 fully saturated rings. The average Bonchev–Trinajstić information content (AvgIpc) is 2.31. The Hall–Kier alpha value is 0.150. The maximum absolute atomic E-state index is 12.3. The van der Waals surface area contributed by atoms with Crippen LogP contribution >= 0.6 is 50.1 Å². The molecule has 3 nitrogen and oxygen atoms in total. The highest BCUT2D eigenvalue weighted by atomic mass is 127. The molecule has 6 heteroatoms. The SMILES string of the molecule is COCC(Cl)CN(C)C(=O)c1cc(I)ccc1Br. The summed E-state index contributed by atoms with van der Waals surface area (Å²) >= 11 is 11.6. The highest BCUT2D eigenvalue weighted by Crippen LogP contribution is 2.21. The van der Waals surface area contributed by atoms with Crippen molar-refractivity contribution in [2.75, 3.05) is 27.3 Å². The smallest absolute Gasteiger partial charge is 0.254 e. The van der Waals surface area contributed by atoms with Crippen molar-refractivity contribution in [1.82, 2.24) is 4.90 Å². The van der Waals surface area contributed by atoms with Crippen LogP contribution in [0.5, 0.6) is 0 Å². The number of methoxy groups -OCH3 is 1. The summed E-state index contributed by atoms with van der Waals surface area (Å²) in [6.45, 7) is 0.874. The summed E-state index contributed by atoms with van der Waals surface area (Å²) in [7, 11) is 3.33. The first-order chi connectivity index (χ1) is 8.45. The first kappa shape index (κ1) is 16.2. The minimum atomic E-state index is -0.203. The molecule has 0 heterocycles. The van der Waals surface area contributed by atoms with Crippen molar-refractivity contribution >= 4 is 56.0 Å². The third-order valence-electron chi connectivity index (χ3n) is 2.32. The van der Waals surface area contributed by atoms with Gasteiger partial charge in [-0.25, -0.2) is 0 Å². The van der Waals surface area contributed by atoms with E-state index in [1.54, 1.807) is 19.1 Å². The van der Waals surface area contributed by atoms with E-state index in [0.29, 0.717) is 18.7 Å². The number of halogens is 3. The number of carbonyl (C=O) groups is 1. The number of nitrogens with zero attached hydrogens (tertiary/aromatic N) is 1. The van der Waals surface area contributed by atoms with Gasteiger partial charge in [-0.2, -0.15) is 0 Å². The summed E-state index contributed by atoms with van der Waals surface area (Å²) in [6.07, 6.45) is 0. The van der Waals surface area contributed by atoms with E-state index in [2.05, 4.69) is 38.5 Å². The van der Waals surface area contributed by atoms with Crippen LogP contribution in [-0.4, -0.2) is 43.5 Å². The minimum absolute atomic E-state index is 0.0536. The van der Waals surface area contributed by atoms with Crippen molar-refractivity contribution in [2.45, 2.75) is 5.38 Å². The Kier molecular flexibility index (Phi) is 6.90. The molecular weight excluding hydrogens is 432 g/mol. The number of amides is 1. The molecule has 1 aromatic carbocycles. The quantitative estimate of drug-likeness (QED) is 0.513. The first-order valence-electron chi connectivity index (χ1n) is 5.29. The largest absolute Gasteiger partial charge is 0.383 e. The van der Waals surface area contributed by atoms with Gasteiger partial charge in [-0.3, -0.25) is 4.79 Å². The van der Waals surface area contributed by atoms with E-state index in [1.165, 1.54) is 0 Å². The summed E-state index contributed by atoms with van der Waals surface area (Å²) in [4.78, 5) is 13.9.